The van der Waals surface area contributed by atoms with E-state index in [-0.39, 0.29) is 11.9 Å². The number of rotatable bonds is 6. The van der Waals surface area contributed by atoms with Crippen molar-refractivity contribution in [2.75, 3.05) is 36.0 Å². The molecule has 170 valence electrons. The second-order valence-corrected chi connectivity index (χ2v) is 8.42. The maximum atomic E-state index is 13.9. The summed E-state index contributed by atoms with van der Waals surface area (Å²) in [4.78, 5) is 21.4. The highest BCUT2D eigenvalue weighted by atomic mass is 35.5. The molecule has 1 fully saturated rings. The Labute approximate surface area is 198 Å². The zero-order chi connectivity index (χ0) is 23.2. The van der Waals surface area contributed by atoms with Crippen molar-refractivity contribution < 1.29 is 9.18 Å². The largest absolute Gasteiger partial charge is 0.368 e. The third kappa shape index (κ3) is 5.90. The van der Waals surface area contributed by atoms with Gasteiger partial charge >= 0.3 is 0 Å². The number of benzene rings is 2. The van der Waals surface area contributed by atoms with Crippen LogP contribution in [0.5, 0.6) is 0 Å². The lowest BCUT2D eigenvalue weighted by atomic mass is 10.1. The number of carbonyl (C=O) groups is 1. The van der Waals surface area contributed by atoms with Crippen LogP contribution in [-0.4, -0.2) is 37.1 Å². The smallest absolute Gasteiger partial charge is 0.244 e. The SMILES string of the molecule is CC(NC(=O)C=Cc1ccc(Cl)cc1F)c1cccc(N2CCN(c3ccccn3)CC2)c1. The molecule has 33 heavy (non-hydrogen) atoms. The topological polar surface area (TPSA) is 48.5 Å². The van der Waals surface area contributed by atoms with Gasteiger partial charge in [-0.15, -0.1) is 0 Å². The van der Waals surface area contributed by atoms with Gasteiger partial charge in [-0.1, -0.05) is 35.9 Å². The van der Waals surface area contributed by atoms with Crippen molar-refractivity contribution in [3.05, 3.63) is 94.9 Å². The molecule has 1 saturated heterocycles. The fraction of sp³-hybridized carbons (Fsp3) is 0.231. The lowest BCUT2D eigenvalue weighted by molar-refractivity contribution is -0.117. The molecule has 0 aliphatic carbocycles. The van der Waals surface area contributed by atoms with Crippen LogP contribution in [-0.2, 0) is 4.79 Å². The maximum absolute atomic E-state index is 13.9. The Kier molecular flexibility index (Phi) is 7.25. The molecule has 2 heterocycles. The van der Waals surface area contributed by atoms with Gasteiger partial charge in [0.25, 0.3) is 0 Å². The van der Waals surface area contributed by atoms with Gasteiger partial charge in [-0.2, -0.15) is 0 Å². The first-order valence-corrected chi connectivity index (χ1v) is 11.3. The van der Waals surface area contributed by atoms with Gasteiger partial charge in [0.1, 0.15) is 11.6 Å². The van der Waals surface area contributed by atoms with E-state index >= 15 is 0 Å². The quantitative estimate of drug-likeness (QED) is 0.516. The van der Waals surface area contributed by atoms with Crippen molar-refractivity contribution in [1.29, 1.82) is 0 Å². The highest BCUT2D eigenvalue weighted by molar-refractivity contribution is 6.30. The summed E-state index contributed by atoms with van der Waals surface area (Å²) in [6.45, 7) is 5.54. The predicted octanol–water partition coefficient (Wildman–Crippen LogP) is 5.09. The fourth-order valence-corrected chi connectivity index (χ4v) is 4.03. The van der Waals surface area contributed by atoms with Crippen LogP contribution in [0.4, 0.5) is 15.9 Å². The number of nitrogens with zero attached hydrogens (tertiary/aromatic N) is 3. The Bertz CT molecular complexity index is 1130. The molecule has 5 nitrogen and oxygen atoms in total. The minimum absolute atomic E-state index is 0.188. The van der Waals surface area contributed by atoms with Crippen molar-refractivity contribution in [1.82, 2.24) is 10.3 Å². The van der Waals surface area contributed by atoms with Gasteiger partial charge in [0.05, 0.1) is 6.04 Å². The number of piperazine rings is 1. The summed E-state index contributed by atoms with van der Waals surface area (Å²) in [6, 6.07) is 18.4. The Hall–Kier alpha value is -3.38. The molecular formula is C26H26ClFN4O. The van der Waals surface area contributed by atoms with Crippen LogP contribution < -0.4 is 15.1 Å². The van der Waals surface area contributed by atoms with Gasteiger partial charge in [0.15, 0.2) is 0 Å². The highest BCUT2D eigenvalue weighted by Gasteiger charge is 2.19. The molecule has 1 aliphatic heterocycles. The number of hydrogen-bond acceptors (Lipinski definition) is 4. The van der Waals surface area contributed by atoms with Gasteiger partial charge in [-0.3, -0.25) is 4.79 Å². The minimum atomic E-state index is -0.463. The van der Waals surface area contributed by atoms with Crippen molar-refractivity contribution in [2.24, 2.45) is 0 Å². The van der Waals surface area contributed by atoms with E-state index in [2.05, 4.69) is 32.2 Å². The molecule has 2 aromatic carbocycles. The molecule has 1 aromatic heterocycles. The van der Waals surface area contributed by atoms with Crippen molar-refractivity contribution >= 4 is 35.1 Å². The normalized spacial score (nSPS) is 15.0. The summed E-state index contributed by atoms with van der Waals surface area (Å²) < 4.78 is 13.9. The summed E-state index contributed by atoms with van der Waals surface area (Å²) in [5, 5.41) is 3.27. The molecule has 4 rings (SSSR count). The molecule has 1 amide bonds. The average Bonchev–Trinajstić information content (AvgIpc) is 2.84. The van der Waals surface area contributed by atoms with E-state index in [0.717, 1.165) is 43.2 Å². The molecule has 1 atom stereocenters. The van der Waals surface area contributed by atoms with E-state index in [1.54, 1.807) is 12.1 Å². The molecule has 0 saturated carbocycles. The maximum Gasteiger partial charge on any atom is 0.244 e. The second kappa shape index (κ2) is 10.5. The molecule has 7 heteroatoms. The number of nitrogens with one attached hydrogen (secondary N) is 1. The molecule has 0 bridgehead atoms. The monoisotopic (exact) mass is 464 g/mol. The summed E-state index contributed by atoms with van der Waals surface area (Å²) in [5.41, 5.74) is 2.46. The van der Waals surface area contributed by atoms with Crippen molar-refractivity contribution in [3.63, 3.8) is 0 Å². The van der Waals surface area contributed by atoms with Crippen LogP contribution in [0.3, 0.4) is 0 Å². The number of carbonyl (C=O) groups excluding carboxylic acids is 1. The van der Waals surface area contributed by atoms with Gasteiger partial charge in [0.2, 0.25) is 5.91 Å². The lowest BCUT2D eigenvalue weighted by Crippen LogP contribution is -2.46. The van der Waals surface area contributed by atoms with E-state index in [0.29, 0.717) is 10.6 Å². The number of hydrogen-bond donors (Lipinski definition) is 1. The molecule has 3 aromatic rings. The zero-order valence-corrected chi connectivity index (χ0v) is 19.2. The van der Waals surface area contributed by atoms with Crippen molar-refractivity contribution in [3.8, 4) is 0 Å². The van der Waals surface area contributed by atoms with E-state index in [1.807, 2.05) is 43.5 Å². The standard InChI is InChI=1S/C26H26ClFN4O/c1-19(30-26(33)11-9-20-8-10-22(27)18-24(20)28)21-5-4-6-23(17-21)31-13-15-32(16-14-31)25-7-2-3-12-29-25/h2-12,17-19H,13-16H2,1H3,(H,30,33). The lowest BCUT2D eigenvalue weighted by Gasteiger charge is -2.37. The second-order valence-electron chi connectivity index (χ2n) is 7.99. The summed E-state index contributed by atoms with van der Waals surface area (Å²) in [6.07, 6.45) is 4.61. The first kappa shape index (κ1) is 22.8. The number of halogens is 2. The third-order valence-corrected chi connectivity index (χ3v) is 5.96. The molecule has 0 spiro atoms. The molecule has 1 aliphatic rings. The van der Waals surface area contributed by atoms with Crippen LogP contribution in [0.1, 0.15) is 24.1 Å². The number of pyridine rings is 1. The Morgan fingerprint density at radius 1 is 1.06 bits per heavy atom. The Balaban J connectivity index is 1.35. The summed E-state index contributed by atoms with van der Waals surface area (Å²) >= 11 is 5.77. The van der Waals surface area contributed by atoms with Crippen LogP contribution in [0.15, 0.2) is 72.9 Å². The Morgan fingerprint density at radius 2 is 1.85 bits per heavy atom. The van der Waals surface area contributed by atoms with Gasteiger partial charge in [-0.25, -0.2) is 9.37 Å². The number of aromatic nitrogens is 1. The fourth-order valence-electron chi connectivity index (χ4n) is 3.87. The van der Waals surface area contributed by atoms with Crippen LogP contribution in [0.2, 0.25) is 5.02 Å². The van der Waals surface area contributed by atoms with E-state index in [4.69, 9.17) is 11.6 Å². The van der Waals surface area contributed by atoms with E-state index in [9.17, 15) is 9.18 Å². The highest BCUT2D eigenvalue weighted by Crippen LogP contribution is 2.23. The summed E-state index contributed by atoms with van der Waals surface area (Å²) in [5.74, 6) is 0.260. The van der Waals surface area contributed by atoms with Crippen LogP contribution in [0.25, 0.3) is 6.08 Å². The third-order valence-electron chi connectivity index (χ3n) is 5.72. The van der Waals surface area contributed by atoms with Gasteiger partial charge in [-0.05, 0) is 55.0 Å². The first-order chi connectivity index (χ1) is 16.0. The van der Waals surface area contributed by atoms with E-state index in [1.165, 1.54) is 18.2 Å². The average molecular weight is 465 g/mol. The van der Waals surface area contributed by atoms with Crippen LogP contribution in [0, 0.1) is 5.82 Å². The number of anilines is 2. The summed E-state index contributed by atoms with van der Waals surface area (Å²) in [7, 11) is 0. The molecule has 1 unspecified atom stereocenters. The first-order valence-electron chi connectivity index (χ1n) is 10.9. The van der Waals surface area contributed by atoms with Crippen molar-refractivity contribution in [2.45, 2.75) is 13.0 Å². The van der Waals surface area contributed by atoms with E-state index < -0.39 is 5.82 Å². The Morgan fingerprint density at radius 3 is 2.58 bits per heavy atom. The molecule has 1 N–H and O–H groups in total. The van der Waals surface area contributed by atoms with Gasteiger partial charge in [0, 0.05) is 54.7 Å². The number of amides is 1. The zero-order valence-electron chi connectivity index (χ0n) is 18.4. The van der Waals surface area contributed by atoms with Crippen LogP contribution >= 0.6 is 11.6 Å². The predicted molar refractivity (Wildman–Crippen MR) is 132 cm³/mol. The molecule has 0 radical (unpaired) electrons. The minimum Gasteiger partial charge on any atom is -0.368 e. The molecular weight excluding hydrogens is 439 g/mol. The van der Waals surface area contributed by atoms with Gasteiger partial charge < -0.3 is 15.1 Å².